The molecule has 2 aromatic rings. The topological polar surface area (TPSA) is 85.5 Å². The summed E-state index contributed by atoms with van der Waals surface area (Å²) >= 11 is 0. The zero-order valence-corrected chi connectivity index (χ0v) is 15.0. The highest BCUT2D eigenvalue weighted by Gasteiger charge is 2.28. The Bertz CT molecular complexity index is 764. The first-order valence-electron chi connectivity index (χ1n) is 8.70. The number of carbonyl (C=O) groups excluding carboxylic acids is 3. The number of H-pyrrole nitrogens is 1. The standard InChI is InChI=1S/C20H23NO5/c1-3-5-11-26-20(24)18-15(12-14-9-7-6-8-10-14)17(16(13-22)21-18)19(23)25-4-2/h6-10,13,21H,3-5,11-12H2,1-2H3. The van der Waals surface area contributed by atoms with E-state index in [1.54, 1.807) is 6.92 Å². The highest BCUT2D eigenvalue weighted by atomic mass is 16.5. The van der Waals surface area contributed by atoms with Crippen LogP contribution in [0.15, 0.2) is 30.3 Å². The van der Waals surface area contributed by atoms with Gasteiger partial charge in [0.15, 0.2) is 6.29 Å². The van der Waals surface area contributed by atoms with Gasteiger partial charge in [-0.3, -0.25) is 4.79 Å². The van der Waals surface area contributed by atoms with E-state index in [0.717, 1.165) is 18.4 Å². The third kappa shape index (κ3) is 4.59. The number of aromatic nitrogens is 1. The Labute approximate surface area is 152 Å². The molecule has 0 spiro atoms. The normalized spacial score (nSPS) is 10.4. The number of ether oxygens (including phenoxy) is 2. The van der Waals surface area contributed by atoms with Crippen molar-refractivity contribution in [2.24, 2.45) is 0 Å². The quantitative estimate of drug-likeness (QED) is 0.421. The van der Waals surface area contributed by atoms with Gasteiger partial charge in [-0.05, 0) is 18.9 Å². The van der Waals surface area contributed by atoms with Gasteiger partial charge in [-0.15, -0.1) is 0 Å². The van der Waals surface area contributed by atoms with Gasteiger partial charge in [0.25, 0.3) is 0 Å². The number of hydrogen-bond acceptors (Lipinski definition) is 5. The van der Waals surface area contributed by atoms with Gasteiger partial charge in [-0.25, -0.2) is 9.59 Å². The summed E-state index contributed by atoms with van der Waals surface area (Å²) in [5.74, 6) is -1.22. The van der Waals surface area contributed by atoms with E-state index in [1.807, 2.05) is 37.3 Å². The maximum absolute atomic E-state index is 12.5. The molecule has 1 N–H and O–H groups in total. The van der Waals surface area contributed by atoms with Gasteiger partial charge in [-0.1, -0.05) is 43.7 Å². The van der Waals surface area contributed by atoms with Gasteiger partial charge in [0.2, 0.25) is 0 Å². The summed E-state index contributed by atoms with van der Waals surface area (Å²) in [5.41, 5.74) is 1.55. The molecule has 0 amide bonds. The summed E-state index contributed by atoms with van der Waals surface area (Å²) in [5, 5.41) is 0. The second-order valence-corrected chi connectivity index (χ2v) is 5.76. The lowest BCUT2D eigenvalue weighted by atomic mass is 10.00. The van der Waals surface area contributed by atoms with Crippen molar-refractivity contribution in [1.82, 2.24) is 4.98 Å². The smallest absolute Gasteiger partial charge is 0.355 e. The van der Waals surface area contributed by atoms with Crippen LogP contribution in [0.1, 0.15) is 69.2 Å². The summed E-state index contributed by atoms with van der Waals surface area (Å²) in [4.78, 5) is 39.0. The molecule has 138 valence electrons. The SMILES string of the molecule is CCCCOC(=O)c1[nH]c(C=O)c(C(=O)OCC)c1Cc1ccccc1. The summed E-state index contributed by atoms with van der Waals surface area (Å²) in [7, 11) is 0. The molecule has 0 aliphatic carbocycles. The fourth-order valence-electron chi connectivity index (χ4n) is 2.62. The molecule has 0 saturated heterocycles. The van der Waals surface area contributed by atoms with Gasteiger partial charge in [-0.2, -0.15) is 0 Å². The number of esters is 2. The molecule has 6 heteroatoms. The lowest BCUT2D eigenvalue weighted by molar-refractivity contribution is 0.0492. The molecule has 0 fully saturated rings. The van der Waals surface area contributed by atoms with Crippen molar-refractivity contribution < 1.29 is 23.9 Å². The highest BCUT2D eigenvalue weighted by Crippen LogP contribution is 2.24. The monoisotopic (exact) mass is 357 g/mol. The molecule has 0 radical (unpaired) electrons. The Hall–Kier alpha value is -2.89. The fourth-order valence-corrected chi connectivity index (χ4v) is 2.62. The van der Waals surface area contributed by atoms with Crippen LogP contribution in [0.4, 0.5) is 0 Å². The number of aromatic amines is 1. The minimum absolute atomic E-state index is 0.0248. The van der Waals surface area contributed by atoms with Crippen molar-refractivity contribution in [2.75, 3.05) is 13.2 Å². The van der Waals surface area contributed by atoms with Crippen molar-refractivity contribution in [1.29, 1.82) is 0 Å². The van der Waals surface area contributed by atoms with E-state index in [0.29, 0.717) is 18.3 Å². The molecule has 26 heavy (non-hydrogen) atoms. The van der Waals surface area contributed by atoms with Gasteiger partial charge in [0.1, 0.15) is 5.69 Å². The van der Waals surface area contributed by atoms with Crippen molar-refractivity contribution >= 4 is 18.2 Å². The third-order valence-electron chi connectivity index (χ3n) is 3.89. The molecule has 0 unspecified atom stereocenters. The summed E-state index contributed by atoms with van der Waals surface area (Å²) in [6.07, 6.45) is 2.45. The van der Waals surface area contributed by atoms with Crippen LogP contribution < -0.4 is 0 Å². The van der Waals surface area contributed by atoms with E-state index < -0.39 is 11.9 Å². The number of hydrogen-bond donors (Lipinski definition) is 1. The number of unbranched alkanes of at least 4 members (excludes halogenated alkanes) is 1. The summed E-state index contributed by atoms with van der Waals surface area (Å²) < 4.78 is 10.3. The van der Waals surface area contributed by atoms with Crippen LogP contribution in [0.5, 0.6) is 0 Å². The molecular weight excluding hydrogens is 334 g/mol. The van der Waals surface area contributed by atoms with Crippen LogP contribution in [0.2, 0.25) is 0 Å². The van der Waals surface area contributed by atoms with Gasteiger partial charge >= 0.3 is 11.9 Å². The molecule has 0 atom stereocenters. The molecule has 0 bridgehead atoms. The van der Waals surface area contributed by atoms with Crippen LogP contribution in [-0.4, -0.2) is 36.4 Å². The Morgan fingerprint density at radius 3 is 2.42 bits per heavy atom. The minimum Gasteiger partial charge on any atom is -0.462 e. The molecule has 0 saturated carbocycles. The van der Waals surface area contributed by atoms with Crippen molar-refractivity contribution in [3.8, 4) is 0 Å². The van der Waals surface area contributed by atoms with Gasteiger partial charge < -0.3 is 14.5 Å². The Kier molecular flexibility index (Phi) is 7.14. The minimum atomic E-state index is -0.635. The first-order chi connectivity index (χ1) is 12.6. The van der Waals surface area contributed by atoms with Crippen LogP contribution in [0, 0.1) is 0 Å². The van der Waals surface area contributed by atoms with Crippen molar-refractivity contribution in [2.45, 2.75) is 33.1 Å². The molecule has 6 nitrogen and oxygen atoms in total. The van der Waals surface area contributed by atoms with Crippen LogP contribution >= 0.6 is 0 Å². The van der Waals surface area contributed by atoms with E-state index in [9.17, 15) is 14.4 Å². The fraction of sp³-hybridized carbons (Fsp3) is 0.350. The second-order valence-electron chi connectivity index (χ2n) is 5.76. The highest BCUT2D eigenvalue weighted by molar-refractivity contribution is 6.03. The lowest BCUT2D eigenvalue weighted by Gasteiger charge is -2.08. The number of rotatable bonds is 9. The second kappa shape index (κ2) is 9.56. The predicted octanol–water partition coefficient (Wildman–Crippen LogP) is 3.55. The predicted molar refractivity (Wildman–Crippen MR) is 96.6 cm³/mol. The van der Waals surface area contributed by atoms with E-state index >= 15 is 0 Å². The summed E-state index contributed by atoms with van der Waals surface area (Å²) in [6.45, 7) is 4.13. The average molecular weight is 357 g/mol. The molecular formula is C20H23NO5. The molecule has 1 aromatic carbocycles. The number of aldehydes is 1. The maximum atomic E-state index is 12.5. The third-order valence-corrected chi connectivity index (χ3v) is 3.89. The zero-order chi connectivity index (χ0) is 18.9. The zero-order valence-electron chi connectivity index (χ0n) is 15.0. The molecule has 1 heterocycles. The van der Waals surface area contributed by atoms with Gasteiger partial charge in [0, 0.05) is 12.0 Å². The first-order valence-corrected chi connectivity index (χ1v) is 8.70. The van der Waals surface area contributed by atoms with E-state index in [-0.39, 0.29) is 30.2 Å². The summed E-state index contributed by atoms with van der Waals surface area (Å²) in [6, 6.07) is 9.38. The number of carbonyl (C=O) groups is 3. The Morgan fingerprint density at radius 1 is 1.08 bits per heavy atom. The van der Waals surface area contributed by atoms with E-state index in [4.69, 9.17) is 9.47 Å². The average Bonchev–Trinajstić information content (AvgIpc) is 3.01. The van der Waals surface area contributed by atoms with E-state index in [1.165, 1.54) is 0 Å². The molecule has 1 aromatic heterocycles. The first kappa shape index (κ1) is 19.4. The Balaban J connectivity index is 2.46. The lowest BCUT2D eigenvalue weighted by Crippen LogP contribution is -2.12. The van der Waals surface area contributed by atoms with Gasteiger partial charge in [0.05, 0.1) is 24.5 Å². The molecule has 0 aliphatic heterocycles. The van der Waals surface area contributed by atoms with Crippen LogP contribution in [-0.2, 0) is 15.9 Å². The molecule has 2 rings (SSSR count). The van der Waals surface area contributed by atoms with Crippen LogP contribution in [0.3, 0.4) is 0 Å². The maximum Gasteiger partial charge on any atom is 0.355 e. The van der Waals surface area contributed by atoms with E-state index in [2.05, 4.69) is 4.98 Å². The van der Waals surface area contributed by atoms with Crippen molar-refractivity contribution in [3.63, 3.8) is 0 Å². The number of benzene rings is 1. The molecule has 0 aliphatic rings. The number of nitrogens with one attached hydrogen (secondary N) is 1. The van der Waals surface area contributed by atoms with Crippen molar-refractivity contribution in [3.05, 3.63) is 58.4 Å². The van der Waals surface area contributed by atoms with Crippen LogP contribution in [0.25, 0.3) is 0 Å². The largest absolute Gasteiger partial charge is 0.462 e. The Morgan fingerprint density at radius 2 is 1.81 bits per heavy atom.